The van der Waals surface area contributed by atoms with Crippen LogP contribution in [0.15, 0.2) is 60.9 Å². The second kappa shape index (κ2) is 5.59. The number of benzene rings is 2. The zero-order valence-corrected chi connectivity index (χ0v) is 11.5. The molecule has 0 spiro atoms. The number of hydrogen-bond donors (Lipinski definition) is 2. The summed E-state index contributed by atoms with van der Waals surface area (Å²) in [6.07, 6.45) is 3.35. The second-order valence-corrected chi connectivity index (χ2v) is 4.97. The van der Waals surface area contributed by atoms with Gasteiger partial charge in [-0.2, -0.15) is 0 Å². The van der Waals surface area contributed by atoms with E-state index >= 15 is 0 Å². The normalized spacial score (nSPS) is 12.5. The molecule has 3 aromatic rings. The van der Waals surface area contributed by atoms with Crippen LogP contribution in [0.1, 0.15) is 17.2 Å². The maximum Gasteiger partial charge on any atom is 0.0731 e. The number of hydrogen-bond acceptors (Lipinski definition) is 3. The van der Waals surface area contributed by atoms with Gasteiger partial charge in [0.25, 0.3) is 0 Å². The molecular formula is C16H14ClN3. The van der Waals surface area contributed by atoms with Gasteiger partial charge in [-0.25, -0.2) is 5.43 Å². The molecule has 1 aromatic heterocycles. The molecule has 0 aliphatic carbocycles. The summed E-state index contributed by atoms with van der Waals surface area (Å²) < 4.78 is 0. The summed E-state index contributed by atoms with van der Waals surface area (Å²) in [5, 5.41) is 2.93. The van der Waals surface area contributed by atoms with E-state index in [1.165, 1.54) is 5.39 Å². The summed E-state index contributed by atoms with van der Waals surface area (Å²) in [5.41, 5.74) is 4.87. The largest absolute Gasteiger partial charge is 0.271 e. The van der Waals surface area contributed by atoms with Crippen molar-refractivity contribution in [3.8, 4) is 0 Å². The van der Waals surface area contributed by atoms with E-state index in [1.54, 1.807) is 12.4 Å². The molecular weight excluding hydrogens is 270 g/mol. The number of rotatable bonds is 3. The van der Waals surface area contributed by atoms with Gasteiger partial charge in [-0.1, -0.05) is 54.1 Å². The lowest BCUT2D eigenvalue weighted by molar-refractivity contribution is 0.640. The maximum atomic E-state index is 6.24. The third-order valence-corrected chi connectivity index (χ3v) is 3.73. The fraction of sp³-hybridized carbons (Fsp3) is 0.0625. The van der Waals surface area contributed by atoms with Gasteiger partial charge < -0.3 is 0 Å². The Morgan fingerprint density at radius 3 is 2.60 bits per heavy atom. The third-order valence-electron chi connectivity index (χ3n) is 3.42. The van der Waals surface area contributed by atoms with Crippen molar-refractivity contribution in [3.05, 3.63) is 77.1 Å². The molecule has 3 N–H and O–H groups in total. The van der Waals surface area contributed by atoms with Gasteiger partial charge in [0.05, 0.1) is 11.1 Å². The number of fused-ring (bicyclic) bond motifs is 1. The van der Waals surface area contributed by atoms with Gasteiger partial charge in [0.15, 0.2) is 0 Å². The minimum Gasteiger partial charge on any atom is -0.271 e. The number of nitrogens with zero attached hydrogens (tertiary/aromatic N) is 1. The van der Waals surface area contributed by atoms with E-state index in [4.69, 9.17) is 17.4 Å². The Hall–Kier alpha value is -1.94. The first-order chi connectivity index (χ1) is 9.81. The van der Waals surface area contributed by atoms with Crippen LogP contribution in [-0.2, 0) is 0 Å². The molecule has 3 nitrogen and oxygen atoms in total. The van der Waals surface area contributed by atoms with E-state index in [1.807, 2.05) is 24.3 Å². The van der Waals surface area contributed by atoms with E-state index in [9.17, 15) is 0 Å². The number of pyridine rings is 1. The van der Waals surface area contributed by atoms with Crippen LogP contribution in [0.5, 0.6) is 0 Å². The van der Waals surface area contributed by atoms with Crippen LogP contribution in [0.4, 0.5) is 0 Å². The topological polar surface area (TPSA) is 50.9 Å². The smallest absolute Gasteiger partial charge is 0.0731 e. The zero-order chi connectivity index (χ0) is 13.9. The molecule has 1 atom stereocenters. The van der Waals surface area contributed by atoms with Crippen molar-refractivity contribution in [1.82, 2.24) is 10.4 Å². The van der Waals surface area contributed by atoms with Crippen molar-refractivity contribution in [1.29, 1.82) is 0 Å². The van der Waals surface area contributed by atoms with Gasteiger partial charge in [0.2, 0.25) is 0 Å². The van der Waals surface area contributed by atoms with Crippen molar-refractivity contribution in [3.63, 3.8) is 0 Å². The molecule has 0 aliphatic heterocycles. The lowest BCUT2D eigenvalue weighted by Gasteiger charge is -2.19. The summed E-state index contributed by atoms with van der Waals surface area (Å²) in [7, 11) is 0. The summed E-state index contributed by atoms with van der Waals surface area (Å²) in [5.74, 6) is 5.77. The van der Waals surface area contributed by atoms with Crippen LogP contribution in [0.2, 0.25) is 5.02 Å². The van der Waals surface area contributed by atoms with Crippen molar-refractivity contribution in [2.24, 2.45) is 5.84 Å². The van der Waals surface area contributed by atoms with Crippen molar-refractivity contribution in [2.45, 2.75) is 6.04 Å². The Morgan fingerprint density at radius 1 is 1.00 bits per heavy atom. The Balaban J connectivity index is 2.20. The molecule has 0 aliphatic rings. The number of nitrogens with one attached hydrogen (secondary N) is 1. The lowest BCUT2D eigenvalue weighted by atomic mass is 9.95. The summed E-state index contributed by atoms with van der Waals surface area (Å²) in [6.45, 7) is 0. The number of nitrogens with two attached hydrogens (primary N) is 1. The predicted octanol–water partition coefficient (Wildman–Crippen LogP) is 3.44. The van der Waals surface area contributed by atoms with Crippen LogP contribution in [0, 0.1) is 0 Å². The highest BCUT2D eigenvalue weighted by molar-refractivity contribution is 6.31. The first-order valence-electron chi connectivity index (χ1n) is 6.34. The summed E-state index contributed by atoms with van der Waals surface area (Å²) in [4.78, 5) is 4.02. The molecule has 0 bridgehead atoms. The van der Waals surface area contributed by atoms with Crippen LogP contribution < -0.4 is 11.3 Å². The Bertz CT molecular complexity index is 737. The average Bonchev–Trinajstić information content (AvgIpc) is 2.50. The van der Waals surface area contributed by atoms with E-state index in [0.29, 0.717) is 5.02 Å². The molecule has 0 fully saturated rings. The quantitative estimate of drug-likeness (QED) is 0.572. The van der Waals surface area contributed by atoms with Crippen LogP contribution in [0.3, 0.4) is 0 Å². The summed E-state index contributed by atoms with van der Waals surface area (Å²) >= 11 is 6.24. The van der Waals surface area contributed by atoms with Crippen LogP contribution in [-0.4, -0.2) is 4.98 Å². The SMILES string of the molecule is NNC(c1ccncc1Cl)c1cccc2ccccc12. The summed E-state index contributed by atoms with van der Waals surface area (Å²) in [6, 6.07) is 16.1. The molecule has 4 heteroatoms. The van der Waals surface area contributed by atoms with Gasteiger partial charge in [0.1, 0.15) is 0 Å². The number of aromatic nitrogens is 1. The standard InChI is InChI=1S/C16H14ClN3/c17-15-10-19-9-8-14(15)16(20-18)13-7-3-5-11-4-1-2-6-12(11)13/h1-10,16,20H,18H2. The average molecular weight is 284 g/mol. The molecule has 0 amide bonds. The van der Waals surface area contributed by atoms with E-state index in [2.05, 4.69) is 34.7 Å². The molecule has 0 saturated heterocycles. The van der Waals surface area contributed by atoms with Gasteiger partial charge in [-0.3, -0.25) is 10.8 Å². The fourth-order valence-electron chi connectivity index (χ4n) is 2.47. The van der Waals surface area contributed by atoms with Crippen LogP contribution >= 0.6 is 11.6 Å². The highest BCUT2D eigenvalue weighted by Gasteiger charge is 2.17. The number of hydrazine groups is 1. The van der Waals surface area contributed by atoms with Gasteiger partial charge in [-0.15, -0.1) is 0 Å². The second-order valence-electron chi connectivity index (χ2n) is 4.57. The first-order valence-corrected chi connectivity index (χ1v) is 6.72. The first kappa shape index (κ1) is 13.1. The van der Waals surface area contributed by atoms with Gasteiger partial charge in [0, 0.05) is 12.4 Å². The monoisotopic (exact) mass is 283 g/mol. The fourth-order valence-corrected chi connectivity index (χ4v) is 2.70. The number of halogens is 1. The molecule has 2 aromatic carbocycles. The zero-order valence-electron chi connectivity index (χ0n) is 10.8. The van der Waals surface area contributed by atoms with Crippen molar-refractivity contribution < 1.29 is 0 Å². The Kier molecular flexibility index (Phi) is 3.65. The minimum atomic E-state index is -0.170. The minimum absolute atomic E-state index is 0.170. The van der Waals surface area contributed by atoms with Crippen LogP contribution in [0.25, 0.3) is 10.8 Å². The molecule has 1 heterocycles. The third kappa shape index (κ3) is 2.27. The van der Waals surface area contributed by atoms with E-state index in [-0.39, 0.29) is 6.04 Å². The highest BCUT2D eigenvalue weighted by Crippen LogP contribution is 2.31. The molecule has 0 saturated carbocycles. The molecule has 20 heavy (non-hydrogen) atoms. The Morgan fingerprint density at radius 2 is 1.80 bits per heavy atom. The van der Waals surface area contributed by atoms with Crippen molar-refractivity contribution >= 4 is 22.4 Å². The van der Waals surface area contributed by atoms with E-state index in [0.717, 1.165) is 16.5 Å². The molecule has 0 radical (unpaired) electrons. The van der Waals surface area contributed by atoms with Gasteiger partial charge in [-0.05, 0) is 28.0 Å². The predicted molar refractivity (Wildman–Crippen MR) is 82.4 cm³/mol. The Labute approximate surface area is 122 Å². The van der Waals surface area contributed by atoms with Crippen molar-refractivity contribution in [2.75, 3.05) is 0 Å². The lowest BCUT2D eigenvalue weighted by Crippen LogP contribution is -2.29. The maximum absolute atomic E-state index is 6.24. The molecule has 100 valence electrons. The van der Waals surface area contributed by atoms with E-state index < -0.39 is 0 Å². The molecule has 3 rings (SSSR count). The van der Waals surface area contributed by atoms with Gasteiger partial charge >= 0.3 is 0 Å². The molecule has 1 unspecified atom stereocenters. The highest BCUT2D eigenvalue weighted by atomic mass is 35.5.